The van der Waals surface area contributed by atoms with Gasteiger partial charge in [0, 0.05) is 12.8 Å². The number of fused-ring (bicyclic) bond motifs is 10. The van der Waals surface area contributed by atoms with Crippen LogP contribution in [0.1, 0.15) is 170 Å². The third-order valence-electron chi connectivity index (χ3n) is 21.6. The Morgan fingerprint density at radius 3 is 1.22 bits per heavy atom. The summed E-state index contributed by atoms with van der Waals surface area (Å²) in [6, 6.07) is 0. The van der Waals surface area contributed by atoms with E-state index in [-0.39, 0.29) is 107 Å². The van der Waals surface area contributed by atoms with Crippen LogP contribution in [0.3, 0.4) is 0 Å². The van der Waals surface area contributed by atoms with Gasteiger partial charge in [-0.25, -0.2) is 0 Å². The quantitative estimate of drug-likeness (QED) is 0.0951. The van der Waals surface area contributed by atoms with Gasteiger partial charge in [-0.15, -0.1) is 0 Å². The third-order valence-corrected chi connectivity index (χ3v) is 21.6. The number of carbonyl (C=O) groups is 4. The molecule has 0 spiro atoms. The highest BCUT2D eigenvalue weighted by Crippen LogP contribution is 2.70. The van der Waals surface area contributed by atoms with Crippen LogP contribution in [0, 0.1) is 92.7 Å². The Morgan fingerprint density at radius 2 is 0.844 bits per heavy atom. The van der Waals surface area contributed by atoms with Crippen molar-refractivity contribution in [3.63, 3.8) is 0 Å². The minimum absolute atomic E-state index is 0.00589. The molecule has 12 heteroatoms. The highest BCUT2D eigenvalue weighted by molar-refractivity contribution is 5.90. The Kier molecular flexibility index (Phi) is 13.8. The number of hydrogen-bond acceptors (Lipinski definition) is 12. The number of aliphatic hydroxyl groups excluding tert-OH is 6. The van der Waals surface area contributed by atoms with Gasteiger partial charge in [-0.3, -0.25) is 19.2 Å². The number of aliphatic hydroxyl groups is 6. The number of rotatable bonds is 11. The molecule has 8 saturated carbocycles. The molecule has 0 aromatic rings. The Morgan fingerprint density at radius 1 is 0.484 bits per heavy atom. The summed E-state index contributed by atoms with van der Waals surface area (Å²) in [5, 5.41) is 67.7. The van der Waals surface area contributed by atoms with Gasteiger partial charge in [0.1, 0.15) is 0 Å². The predicted molar refractivity (Wildman–Crippen MR) is 236 cm³/mol. The lowest BCUT2D eigenvalue weighted by Crippen LogP contribution is -2.62. The monoisotopic (exact) mass is 899 g/mol. The molecule has 0 aliphatic heterocycles. The summed E-state index contributed by atoms with van der Waals surface area (Å²) >= 11 is 0. The molecule has 8 aliphatic rings. The minimum Gasteiger partial charge on any atom is -0.393 e. The average molecular weight is 899 g/mol. The van der Waals surface area contributed by atoms with Crippen molar-refractivity contribution in [1.82, 2.24) is 0 Å². The van der Waals surface area contributed by atoms with E-state index >= 15 is 0 Å². The number of hydrogen-bond donors (Lipinski definition) is 6. The summed E-state index contributed by atoms with van der Waals surface area (Å²) in [6.07, 6.45) is 8.65. The molecule has 0 amide bonds. The SMILES string of the molecule is CC(CCC(=O)OC(=O)CCC(=O)OC(=O)CCC(C)C1CCC2C3C(O)CC4CC(O)CCC4(C)C3CC(O)C12C)C1CCC2C3C(O)CC4CC(O)CCC4(C)C3CC(O)C12C. The Labute approximate surface area is 381 Å². The van der Waals surface area contributed by atoms with E-state index in [1.165, 1.54) is 0 Å². The van der Waals surface area contributed by atoms with Gasteiger partial charge in [-0.05, 0) is 195 Å². The summed E-state index contributed by atoms with van der Waals surface area (Å²) in [5.41, 5.74) is -0.821. The molecular formula is C52H82O12. The summed E-state index contributed by atoms with van der Waals surface area (Å²) in [6.45, 7) is 13.2. The zero-order valence-electron chi connectivity index (χ0n) is 39.7. The van der Waals surface area contributed by atoms with Crippen LogP contribution in [0.15, 0.2) is 0 Å². The van der Waals surface area contributed by atoms with Crippen LogP contribution < -0.4 is 0 Å². The van der Waals surface area contributed by atoms with Gasteiger partial charge in [0.15, 0.2) is 0 Å². The molecule has 0 aromatic heterocycles. The minimum atomic E-state index is -0.850. The predicted octanol–water partition coefficient (Wildman–Crippen LogP) is 6.66. The second-order valence-corrected chi connectivity index (χ2v) is 24.3. The van der Waals surface area contributed by atoms with Crippen LogP contribution in [0.2, 0.25) is 0 Å². The first-order valence-electron chi connectivity index (χ1n) is 25.7. The molecule has 6 N–H and O–H groups in total. The van der Waals surface area contributed by atoms with Crippen molar-refractivity contribution in [2.45, 2.75) is 207 Å². The van der Waals surface area contributed by atoms with Crippen molar-refractivity contribution < 1.29 is 59.3 Å². The molecule has 8 aliphatic carbocycles. The maximum atomic E-state index is 12.9. The maximum Gasteiger partial charge on any atom is 0.314 e. The number of esters is 4. The van der Waals surface area contributed by atoms with Crippen LogP contribution in [-0.2, 0) is 28.7 Å². The van der Waals surface area contributed by atoms with Crippen LogP contribution >= 0.6 is 0 Å². The lowest BCUT2D eigenvalue weighted by atomic mass is 9.43. The van der Waals surface area contributed by atoms with Crippen molar-refractivity contribution in [1.29, 1.82) is 0 Å². The van der Waals surface area contributed by atoms with E-state index in [0.29, 0.717) is 51.4 Å². The second-order valence-electron chi connectivity index (χ2n) is 24.3. The fourth-order valence-electron chi connectivity index (χ4n) is 18.0. The van der Waals surface area contributed by atoms with Crippen molar-refractivity contribution >= 4 is 23.9 Å². The molecular weight excluding hydrogens is 817 g/mol. The molecule has 8 fully saturated rings. The summed E-state index contributed by atoms with van der Waals surface area (Å²) < 4.78 is 10.2. The smallest absolute Gasteiger partial charge is 0.314 e. The van der Waals surface area contributed by atoms with Crippen LogP contribution in [0.4, 0.5) is 0 Å². The van der Waals surface area contributed by atoms with Crippen molar-refractivity contribution in [3.05, 3.63) is 0 Å². The topological polar surface area (TPSA) is 208 Å². The maximum absolute atomic E-state index is 12.9. The summed E-state index contributed by atoms with van der Waals surface area (Å²) in [7, 11) is 0. The molecule has 0 saturated heterocycles. The molecule has 64 heavy (non-hydrogen) atoms. The van der Waals surface area contributed by atoms with Crippen LogP contribution in [0.25, 0.3) is 0 Å². The summed E-state index contributed by atoms with van der Waals surface area (Å²) in [4.78, 5) is 51.0. The van der Waals surface area contributed by atoms with Gasteiger partial charge in [-0.1, -0.05) is 41.5 Å². The number of carbonyl (C=O) groups excluding carboxylic acids is 4. The highest BCUT2D eigenvalue weighted by Gasteiger charge is 2.67. The van der Waals surface area contributed by atoms with E-state index in [1.54, 1.807) is 0 Å². The van der Waals surface area contributed by atoms with E-state index in [2.05, 4.69) is 41.5 Å². The molecule has 0 bridgehead atoms. The van der Waals surface area contributed by atoms with Gasteiger partial charge in [0.25, 0.3) is 0 Å². The first-order chi connectivity index (χ1) is 30.1. The zero-order chi connectivity index (χ0) is 46.3. The number of ether oxygens (including phenoxy) is 2. The normalized spacial score (nSPS) is 49.1. The van der Waals surface area contributed by atoms with Crippen molar-refractivity contribution in [2.75, 3.05) is 0 Å². The zero-order valence-corrected chi connectivity index (χ0v) is 39.7. The van der Waals surface area contributed by atoms with Gasteiger partial charge in [-0.2, -0.15) is 0 Å². The fourth-order valence-corrected chi connectivity index (χ4v) is 18.0. The van der Waals surface area contributed by atoms with E-state index in [1.807, 2.05) is 0 Å². The second kappa shape index (κ2) is 18.2. The molecule has 12 nitrogen and oxygen atoms in total. The van der Waals surface area contributed by atoms with E-state index in [9.17, 15) is 49.8 Å². The molecule has 8 rings (SSSR count). The fraction of sp³-hybridized carbons (Fsp3) is 0.923. The highest BCUT2D eigenvalue weighted by atomic mass is 16.6. The van der Waals surface area contributed by atoms with Crippen LogP contribution in [-0.4, -0.2) is 91.1 Å². The van der Waals surface area contributed by atoms with Crippen molar-refractivity contribution in [3.8, 4) is 0 Å². The van der Waals surface area contributed by atoms with Gasteiger partial charge < -0.3 is 40.1 Å². The van der Waals surface area contributed by atoms with Crippen LogP contribution in [0.5, 0.6) is 0 Å². The molecule has 22 atom stereocenters. The van der Waals surface area contributed by atoms with E-state index in [4.69, 9.17) is 9.47 Å². The lowest BCUT2D eigenvalue weighted by Gasteiger charge is -2.63. The van der Waals surface area contributed by atoms with Gasteiger partial charge in [0.2, 0.25) is 0 Å². The Balaban J connectivity index is 0.758. The first kappa shape index (κ1) is 48.5. The van der Waals surface area contributed by atoms with Crippen molar-refractivity contribution in [2.24, 2.45) is 92.7 Å². The van der Waals surface area contributed by atoms with Gasteiger partial charge >= 0.3 is 23.9 Å². The molecule has 362 valence electrons. The lowest BCUT2D eigenvalue weighted by molar-refractivity contribution is -0.207. The standard InChI is InChI=1S/C52H82O12/c1-27(33-9-11-35-47-37(25-41(57)51(33,35)5)49(3)19-17-31(53)21-29(49)23-39(47)55)7-13-43(59)63-45(61)15-16-46(62)64-44(60)14-8-28(2)34-10-12-36-48-38(26-42(58)52(34,36)6)50(4)20-18-32(54)22-30(50)24-40(48)56/h27-42,47-48,53-58H,7-26H2,1-6H3. The molecule has 0 heterocycles. The third kappa shape index (κ3) is 8.27. The van der Waals surface area contributed by atoms with E-state index < -0.39 is 72.0 Å². The first-order valence-corrected chi connectivity index (χ1v) is 25.7. The van der Waals surface area contributed by atoms with Gasteiger partial charge in [0.05, 0.1) is 49.5 Å². The molecule has 22 unspecified atom stereocenters. The average Bonchev–Trinajstić information content (AvgIpc) is 3.79. The molecule has 0 radical (unpaired) electrons. The Bertz CT molecular complexity index is 1630. The van der Waals surface area contributed by atoms with E-state index in [0.717, 1.165) is 51.4 Å². The summed E-state index contributed by atoms with van der Waals surface area (Å²) in [5.74, 6) is -1.20. The Hall–Kier alpha value is -1.96. The molecule has 0 aromatic carbocycles. The largest absolute Gasteiger partial charge is 0.393 e.